The maximum absolute atomic E-state index is 13.6. The van der Waals surface area contributed by atoms with Crippen LogP contribution in [0.2, 0.25) is 0 Å². The number of hydrogen-bond donors (Lipinski definition) is 3. The lowest BCUT2D eigenvalue weighted by atomic mass is 10.0. The zero-order chi connectivity index (χ0) is 29.5. The molecule has 0 aliphatic carbocycles. The van der Waals surface area contributed by atoms with Crippen LogP contribution in [0.1, 0.15) is 36.0 Å². The van der Waals surface area contributed by atoms with Crippen molar-refractivity contribution >= 4 is 24.1 Å². The third kappa shape index (κ3) is 10.1. The zero-order valence-corrected chi connectivity index (χ0v) is 22.7. The molecule has 0 radical (unpaired) electrons. The second kappa shape index (κ2) is 16.4. The number of carbonyl (C=O) groups excluding carboxylic acids is 3. The largest absolute Gasteiger partial charge is 0.480 e. The number of nitrogens with two attached hydrogens (primary N) is 1. The Morgan fingerprint density at radius 3 is 1.63 bits per heavy atom. The Balaban J connectivity index is 1.85. The quantitative estimate of drug-likeness (QED) is 0.247. The van der Waals surface area contributed by atoms with Gasteiger partial charge in [0.15, 0.2) is 0 Å². The molecule has 3 aromatic carbocycles. The topological polar surface area (TPSA) is 148 Å². The van der Waals surface area contributed by atoms with Gasteiger partial charge in [-0.15, -0.1) is 0 Å². The van der Waals surface area contributed by atoms with Gasteiger partial charge in [0.25, 0.3) is 0 Å². The molecule has 2 unspecified atom stereocenters. The maximum atomic E-state index is 13.6. The number of rotatable bonds is 14. The van der Waals surface area contributed by atoms with Gasteiger partial charge in [0.2, 0.25) is 5.91 Å². The van der Waals surface area contributed by atoms with Crippen LogP contribution in [0, 0.1) is 0 Å². The summed E-state index contributed by atoms with van der Waals surface area (Å²) in [6.07, 6.45) is -1.23. The molecule has 0 bridgehead atoms. The molecule has 0 heterocycles. The van der Waals surface area contributed by atoms with Gasteiger partial charge >= 0.3 is 18.2 Å². The van der Waals surface area contributed by atoms with Crippen LogP contribution in [0.3, 0.4) is 0 Å². The van der Waals surface area contributed by atoms with Gasteiger partial charge in [-0.1, -0.05) is 91.0 Å². The van der Waals surface area contributed by atoms with E-state index in [1.807, 2.05) is 12.1 Å². The van der Waals surface area contributed by atoms with E-state index in [-0.39, 0.29) is 26.1 Å². The van der Waals surface area contributed by atoms with E-state index in [9.17, 15) is 24.3 Å². The highest BCUT2D eigenvalue weighted by Gasteiger charge is 2.38. The lowest BCUT2D eigenvalue weighted by Gasteiger charge is -2.29. The van der Waals surface area contributed by atoms with Crippen LogP contribution in [0.4, 0.5) is 9.59 Å². The van der Waals surface area contributed by atoms with Gasteiger partial charge in [-0.05, 0) is 42.5 Å². The fraction of sp³-hybridized carbons (Fsp3) is 0.290. The number of carboxylic acids is 1. The van der Waals surface area contributed by atoms with Crippen molar-refractivity contribution in [3.8, 4) is 0 Å². The van der Waals surface area contributed by atoms with Crippen LogP contribution in [0.5, 0.6) is 0 Å². The van der Waals surface area contributed by atoms with E-state index in [0.717, 1.165) is 0 Å². The van der Waals surface area contributed by atoms with Crippen LogP contribution >= 0.6 is 0 Å². The summed E-state index contributed by atoms with van der Waals surface area (Å²) < 4.78 is 10.8. The van der Waals surface area contributed by atoms with Crippen molar-refractivity contribution in [1.82, 2.24) is 10.2 Å². The molecule has 4 N–H and O–H groups in total. The summed E-state index contributed by atoms with van der Waals surface area (Å²) in [5, 5.41) is 12.3. The van der Waals surface area contributed by atoms with E-state index in [1.54, 1.807) is 78.9 Å². The SMILES string of the molecule is NCCCCC(C(=O)NC(Cc1ccccc1)C(=O)O)N(C(=O)OCc1ccccc1)C(=O)OCc1ccccc1. The summed E-state index contributed by atoms with van der Waals surface area (Å²) in [7, 11) is 0. The van der Waals surface area contributed by atoms with E-state index in [4.69, 9.17) is 15.2 Å². The van der Waals surface area contributed by atoms with E-state index in [0.29, 0.717) is 41.0 Å². The summed E-state index contributed by atoms with van der Waals surface area (Å²) in [4.78, 5) is 52.9. The van der Waals surface area contributed by atoms with E-state index in [2.05, 4.69) is 5.32 Å². The average Bonchev–Trinajstić information content (AvgIpc) is 2.99. The third-order valence-electron chi connectivity index (χ3n) is 6.25. The fourth-order valence-corrected chi connectivity index (χ4v) is 4.08. The van der Waals surface area contributed by atoms with Crippen LogP contribution in [0.25, 0.3) is 0 Å². The number of unbranched alkanes of at least 4 members (excludes halogenated alkanes) is 1. The number of nitrogens with zero attached hydrogens (tertiary/aromatic N) is 1. The Bertz CT molecular complexity index is 1200. The molecule has 10 nitrogen and oxygen atoms in total. The fourth-order valence-electron chi connectivity index (χ4n) is 4.08. The lowest BCUT2D eigenvalue weighted by molar-refractivity contribution is -0.142. The highest BCUT2D eigenvalue weighted by molar-refractivity contribution is 5.96. The van der Waals surface area contributed by atoms with Crippen molar-refractivity contribution < 1.29 is 33.8 Å². The van der Waals surface area contributed by atoms with Crippen LogP contribution < -0.4 is 11.1 Å². The number of amides is 3. The predicted octanol–water partition coefficient (Wildman–Crippen LogP) is 4.27. The molecule has 10 heteroatoms. The molecule has 3 rings (SSSR count). The van der Waals surface area contributed by atoms with Crippen molar-refractivity contribution in [2.75, 3.05) is 6.54 Å². The van der Waals surface area contributed by atoms with Crippen molar-refractivity contribution in [2.45, 2.75) is 51.0 Å². The summed E-state index contributed by atoms with van der Waals surface area (Å²) in [5.41, 5.74) is 7.69. The Labute approximate surface area is 239 Å². The molecule has 0 aromatic heterocycles. The minimum atomic E-state index is -1.40. The number of nitrogens with one attached hydrogen (secondary N) is 1. The molecule has 0 aliphatic heterocycles. The number of carboxylic acid groups (broad SMARTS) is 1. The van der Waals surface area contributed by atoms with Gasteiger partial charge in [0.1, 0.15) is 25.3 Å². The molecule has 2 atom stereocenters. The highest BCUT2D eigenvalue weighted by Crippen LogP contribution is 2.17. The van der Waals surface area contributed by atoms with Gasteiger partial charge in [0.05, 0.1) is 0 Å². The minimum Gasteiger partial charge on any atom is -0.480 e. The first kappa shape index (κ1) is 30.8. The molecule has 0 saturated heterocycles. The molecule has 3 aromatic rings. The molecular weight excluding hydrogens is 526 g/mol. The first-order chi connectivity index (χ1) is 19.9. The van der Waals surface area contributed by atoms with Gasteiger partial charge in [-0.25, -0.2) is 14.4 Å². The Morgan fingerprint density at radius 2 is 1.20 bits per heavy atom. The third-order valence-corrected chi connectivity index (χ3v) is 6.25. The lowest BCUT2D eigenvalue weighted by Crippen LogP contribution is -2.55. The summed E-state index contributed by atoms with van der Waals surface area (Å²) >= 11 is 0. The molecule has 0 spiro atoms. The predicted molar refractivity (Wildman–Crippen MR) is 151 cm³/mol. The summed E-state index contributed by atoms with van der Waals surface area (Å²) in [6.45, 7) is 0.0348. The smallest absolute Gasteiger partial charge is 0.420 e. The van der Waals surface area contributed by atoms with E-state index < -0.39 is 36.1 Å². The number of ether oxygens (including phenoxy) is 2. The normalized spacial score (nSPS) is 12.0. The maximum Gasteiger partial charge on any atom is 0.420 e. The molecule has 0 fully saturated rings. The van der Waals surface area contributed by atoms with E-state index in [1.165, 1.54) is 0 Å². The van der Waals surface area contributed by atoms with Crippen molar-refractivity contribution in [1.29, 1.82) is 0 Å². The van der Waals surface area contributed by atoms with Gasteiger partial charge < -0.3 is 25.6 Å². The van der Waals surface area contributed by atoms with E-state index >= 15 is 0 Å². The highest BCUT2D eigenvalue weighted by atomic mass is 16.6. The first-order valence-corrected chi connectivity index (χ1v) is 13.4. The second-order valence-corrected chi connectivity index (χ2v) is 9.34. The van der Waals surface area contributed by atoms with Crippen molar-refractivity contribution in [3.05, 3.63) is 108 Å². The molecule has 3 amide bonds. The van der Waals surface area contributed by atoms with Crippen LogP contribution in [-0.4, -0.2) is 52.7 Å². The van der Waals surface area contributed by atoms with Crippen molar-refractivity contribution in [3.63, 3.8) is 0 Å². The molecule has 216 valence electrons. The van der Waals surface area contributed by atoms with Gasteiger partial charge in [0, 0.05) is 6.42 Å². The number of aliphatic carboxylic acids is 1. The number of carbonyl (C=O) groups is 4. The van der Waals surface area contributed by atoms with Crippen molar-refractivity contribution in [2.24, 2.45) is 5.73 Å². The molecule has 0 aliphatic rings. The Hall–Kier alpha value is -4.70. The minimum absolute atomic E-state index is 0.00827. The monoisotopic (exact) mass is 561 g/mol. The molecule has 0 saturated carbocycles. The Kier molecular flexibility index (Phi) is 12.3. The van der Waals surface area contributed by atoms with Crippen LogP contribution in [0.15, 0.2) is 91.0 Å². The standard InChI is InChI=1S/C31H35N3O7/c32-19-11-10-18-27(28(35)33-26(29(36)37)20-23-12-4-1-5-13-23)34(30(38)40-21-24-14-6-2-7-15-24)31(39)41-22-25-16-8-3-9-17-25/h1-9,12-17,26-27H,10-11,18-22,32H2,(H,33,35)(H,36,37). The summed E-state index contributed by atoms with van der Waals surface area (Å²) in [5.74, 6) is -2.08. The number of hydrogen-bond acceptors (Lipinski definition) is 7. The number of imide groups is 1. The summed E-state index contributed by atoms with van der Waals surface area (Å²) in [6, 6.07) is 23.8. The second-order valence-electron chi connectivity index (χ2n) is 9.34. The average molecular weight is 562 g/mol. The first-order valence-electron chi connectivity index (χ1n) is 13.4. The molecular formula is C31H35N3O7. The Morgan fingerprint density at radius 1 is 0.732 bits per heavy atom. The van der Waals surface area contributed by atoms with Gasteiger partial charge in [-0.2, -0.15) is 4.90 Å². The van der Waals surface area contributed by atoms with Crippen LogP contribution in [-0.2, 0) is 38.7 Å². The number of benzene rings is 3. The zero-order valence-electron chi connectivity index (χ0n) is 22.7. The van der Waals surface area contributed by atoms with Gasteiger partial charge in [-0.3, -0.25) is 4.79 Å². The molecule has 41 heavy (non-hydrogen) atoms.